The van der Waals surface area contributed by atoms with Crippen LogP contribution in [0.2, 0.25) is 0 Å². The van der Waals surface area contributed by atoms with Crippen LogP contribution in [-0.2, 0) is 44.5 Å². The van der Waals surface area contributed by atoms with Gasteiger partial charge in [0.1, 0.15) is 13.2 Å². The summed E-state index contributed by atoms with van der Waals surface area (Å²) in [5.74, 6) is 0. The quantitative estimate of drug-likeness (QED) is 0.174. The van der Waals surface area contributed by atoms with Gasteiger partial charge in [0.25, 0.3) is 0 Å². The Bertz CT molecular complexity index is 589. The van der Waals surface area contributed by atoms with Crippen LogP contribution in [0.15, 0.2) is 43.2 Å². The predicted molar refractivity (Wildman–Crippen MR) is 126 cm³/mol. The molecule has 0 radical (unpaired) electrons. The SMILES string of the molecule is C=COCCOCCOCCOCCOCCOCCOCCNC(=O)OCc1ccccc1. The fraction of sp³-hybridized carbons (Fsp3) is 0.625. The van der Waals surface area contributed by atoms with Gasteiger partial charge in [-0.25, -0.2) is 4.79 Å². The second kappa shape index (κ2) is 23.9. The zero-order chi connectivity index (χ0) is 24.4. The molecular formula is C24H39NO9. The van der Waals surface area contributed by atoms with Crippen LogP contribution in [0.4, 0.5) is 4.79 Å². The fourth-order valence-corrected chi connectivity index (χ4v) is 2.39. The minimum absolute atomic E-state index is 0.244. The van der Waals surface area contributed by atoms with Crippen LogP contribution in [0.1, 0.15) is 5.56 Å². The van der Waals surface area contributed by atoms with Crippen LogP contribution >= 0.6 is 0 Å². The van der Waals surface area contributed by atoms with Gasteiger partial charge in [-0.2, -0.15) is 0 Å². The van der Waals surface area contributed by atoms with Crippen molar-refractivity contribution in [2.75, 3.05) is 92.4 Å². The second-order valence-electron chi connectivity index (χ2n) is 6.70. The summed E-state index contributed by atoms with van der Waals surface area (Å²) in [6, 6.07) is 9.51. The van der Waals surface area contributed by atoms with Gasteiger partial charge in [0.2, 0.25) is 0 Å². The molecule has 1 rings (SSSR count). The maximum atomic E-state index is 11.6. The number of rotatable bonds is 24. The monoisotopic (exact) mass is 485 g/mol. The van der Waals surface area contributed by atoms with E-state index in [4.69, 9.17) is 37.9 Å². The van der Waals surface area contributed by atoms with E-state index < -0.39 is 6.09 Å². The Labute approximate surface area is 202 Å². The molecule has 0 atom stereocenters. The zero-order valence-corrected chi connectivity index (χ0v) is 20.0. The van der Waals surface area contributed by atoms with Crippen LogP contribution in [0, 0.1) is 0 Å². The Hall–Kier alpha value is -2.21. The third-order valence-electron chi connectivity index (χ3n) is 4.05. The standard InChI is InChI=1S/C24H39NO9/c1-2-27-10-11-29-14-15-31-18-19-33-21-20-32-17-16-30-13-12-28-9-8-25-24(26)34-22-23-6-4-3-5-7-23/h2-7H,1,8-22H2,(H,25,26). The van der Waals surface area contributed by atoms with Gasteiger partial charge >= 0.3 is 6.09 Å². The molecule has 1 aromatic rings. The summed E-state index contributed by atoms with van der Waals surface area (Å²) < 4.78 is 42.3. The molecule has 0 unspecified atom stereocenters. The van der Waals surface area contributed by atoms with E-state index in [-0.39, 0.29) is 6.61 Å². The fourth-order valence-electron chi connectivity index (χ4n) is 2.39. The summed E-state index contributed by atoms with van der Waals surface area (Å²) >= 11 is 0. The molecule has 0 fully saturated rings. The molecule has 0 saturated heterocycles. The molecule has 0 heterocycles. The topological polar surface area (TPSA) is 103 Å². The average molecular weight is 486 g/mol. The molecule has 0 spiro atoms. The van der Waals surface area contributed by atoms with Gasteiger partial charge in [0.15, 0.2) is 0 Å². The third-order valence-corrected chi connectivity index (χ3v) is 4.05. The molecule has 1 amide bonds. The van der Waals surface area contributed by atoms with Crippen molar-refractivity contribution in [2.45, 2.75) is 6.61 Å². The Morgan fingerprint density at radius 2 is 1.12 bits per heavy atom. The van der Waals surface area contributed by atoms with Crippen molar-refractivity contribution in [3.8, 4) is 0 Å². The van der Waals surface area contributed by atoms with Gasteiger partial charge in [-0.3, -0.25) is 0 Å². The number of benzene rings is 1. The largest absolute Gasteiger partial charge is 0.499 e. The summed E-state index contributed by atoms with van der Waals surface area (Å²) in [5, 5.41) is 2.63. The maximum absolute atomic E-state index is 11.6. The number of carbonyl (C=O) groups excluding carboxylic acids is 1. The molecule has 0 aromatic heterocycles. The molecule has 0 aliphatic heterocycles. The maximum Gasteiger partial charge on any atom is 0.407 e. The molecule has 0 aliphatic carbocycles. The zero-order valence-electron chi connectivity index (χ0n) is 20.0. The van der Waals surface area contributed by atoms with E-state index in [0.29, 0.717) is 92.4 Å². The summed E-state index contributed by atoms with van der Waals surface area (Å²) in [5.41, 5.74) is 0.942. The highest BCUT2D eigenvalue weighted by atomic mass is 16.6. The van der Waals surface area contributed by atoms with E-state index in [2.05, 4.69) is 11.9 Å². The number of carbonyl (C=O) groups is 1. The van der Waals surface area contributed by atoms with Crippen LogP contribution in [0.3, 0.4) is 0 Å². The molecule has 0 aliphatic rings. The van der Waals surface area contributed by atoms with Gasteiger partial charge in [0, 0.05) is 6.54 Å². The van der Waals surface area contributed by atoms with Gasteiger partial charge < -0.3 is 43.2 Å². The smallest absolute Gasteiger partial charge is 0.407 e. The first-order chi connectivity index (χ1) is 16.8. The Morgan fingerprint density at radius 3 is 1.59 bits per heavy atom. The number of ether oxygens (including phenoxy) is 8. The van der Waals surface area contributed by atoms with Crippen molar-refractivity contribution >= 4 is 6.09 Å². The first-order valence-corrected chi connectivity index (χ1v) is 11.5. The van der Waals surface area contributed by atoms with Crippen molar-refractivity contribution in [2.24, 2.45) is 0 Å². The number of hydrogen-bond acceptors (Lipinski definition) is 9. The molecule has 0 bridgehead atoms. The lowest BCUT2D eigenvalue weighted by molar-refractivity contribution is -0.0182. The molecule has 0 saturated carbocycles. The number of amides is 1. The van der Waals surface area contributed by atoms with Crippen LogP contribution in [-0.4, -0.2) is 98.5 Å². The Morgan fingerprint density at radius 1 is 0.676 bits per heavy atom. The second-order valence-corrected chi connectivity index (χ2v) is 6.70. The lowest BCUT2D eigenvalue weighted by Crippen LogP contribution is -2.28. The van der Waals surface area contributed by atoms with Gasteiger partial charge in [-0.15, -0.1) is 0 Å². The van der Waals surface area contributed by atoms with Gasteiger partial charge in [0.05, 0.1) is 85.5 Å². The molecule has 10 heteroatoms. The minimum atomic E-state index is -0.464. The van der Waals surface area contributed by atoms with E-state index in [0.717, 1.165) is 5.56 Å². The van der Waals surface area contributed by atoms with E-state index in [1.165, 1.54) is 6.26 Å². The Kier molecular flexibility index (Phi) is 21.0. The average Bonchev–Trinajstić information content (AvgIpc) is 2.86. The van der Waals surface area contributed by atoms with E-state index in [1.807, 2.05) is 30.3 Å². The summed E-state index contributed by atoms with van der Waals surface area (Å²) in [4.78, 5) is 11.6. The number of hydrogen-bond donors (Lipinski definition) is 1. The van der Waals surface area contributed by atoms with E-state index >= 15 is 0 Å². The van der Waals surface area contributed by atoms with E-state index in [1.54, 1.807) is 0 Å². The van der Waals surface area contributed by atoms with E-state index in [9.17, 15) is 4.79 Å². The van der Waals surface area contributed by atoms with Gasteiger partial charge in [-0.05, 0) is 5.56 Å². The first kappa shape index (κ1) is 29.8. The highest BCUT2D eigenvalue weighted by molar-refractivity contribution is 5.67. The van der Waals surface area contributed by atoms with Crippen LogP contribution in [0.5, 0.6) is 0 Å². The molecule has 1 N–H and O–H groups in total. The summed E-state index contributed by atoms with van der Waals surface area (Å²) in [6.45, 7) is 10.4. The highest BCUT2D eigenvalue weighted by Gasteiger charge is 2.01. The normalized spacial score (nSPS) is 10.7. The van der Waals surface area contributed by atoms with Crippen molar-refractivity contribution in [1.29, 1.82) is 0 Å². The van der Waals surface area contributed by atoms with Crippen molar-refractivity contribution in [3.63, 3.8) is 0 Å². The lowest BCUT2D eigenvalue weighted by Gasteiger charge is -2.09. The van der Waals surface area contributed by atoms with Crippen LogP contribution < -0.4 is 5.32 Å². The summed E-state index contributed by atoms with van der Waals surface area (Å²) in [6.07, 6.45) is 0.926. The predicted octanol–water partition coefficient (Wildman–Crippen LogP) is 2.17. The molecule has 194 valence electrons. The van der Waals surface area contributed by atoms with Crippen LogP contribution in [0.25, 0.3) is 0 Å². The Balaban J connectivity index is 1.70. The number of alkyl carbamates (subject to hydrolysis) is 1. The van der Waals surface area contributed by atoms with Gasteiger partial charge in [-0.1, -0.05) is 36.9 Å². The molecule has 10 nitrogen and oxygen atoms in total. The molecule has 1 aromatic carbocycles. The number of nitrogens with one attached hydrogen (secondary N) is 1. The van der Waals surface area contributed by atoms with Crippen molar-refractivity contribution in [3.05, 3.63) is 48.7 Å². The lowest BCUT2D eigenvalue weighted by atomic mass is 10.2. The summed E-state index contributed by atoms with van der Waals surface area (Å²) in [7, 11) is 0. The van der Waals surface area contributed by atoms with Crippen molar-refractivity contribution < 1.29 is 42.7 Å². The van der Waals surface area contributed by atoms with Crippen molar-refractivity contribution in [1.82, 2.24) is 5.32 Å². The molecular weight excluding hydrogens is 446 g/mol. The highest BCUT2D eigenvalue weighted by Crippen LogP contribution is 2.00. The molecule has 34 heavy (non-hydrogen) atoms. The first-order valence-electron chi connectivity index (χ1n) is 11.5. The minimum Gasteiger partial charge on any atom is -0.499 e. The third kappa shape index (κ3) is 20.4.